The largest absolute Gasteiger partial charge is 0.375 e. The molecule has 5 nitrogen and oxygen atoms in total. The van der Waals surface area contributed by atoms with E-state index >= 15 is 0 Å². The van der Waals surface area contributed by atoms with Gasteiger partial charge in [0.15, 0.2) is 9.84 Å². The monoisotopic (exact) mass is 340 g/mol. The molecule has 1 aromatic rings. The first-order chi connectivity index (χ1) is 10.7. The van der Waals surface area contributed by atoms with Gasteiger partial charge in [-0.2, -0.15) is 0 Å². The van der Waals surface area contributed by atoms with Crippen molar-refractivity contribution in [1.82, 2.24) is 4.90 Å². The van der Waals surface area contributed by atoms with E-state index < -0.39 is 15.7 Å². The topological polar surface area (TPSA) is 57.7 Å². The summed E-state index contributed by atoms with van der Waals surface area (Å²) < 4.78 is 37.4. The van der Waals surface area contributed by atoms with E-state index in [1.165, 1.54) is 11.0 Å². The van der Waals surface area contributed by atoms with Crippen LogP contribution in [-0.2, 0) is 9.84 Å². The number of halogens is 1. The third kappa shape index (κ3) is 3.90. The first kappa shape index (κ1) is 17.5. The SMILES string of the molecule is C=CCN(C(=O)c1ccc(N(C)C)c(F)c1)[C@@H]1CCS(=O)(=O)C1. The molecule has 0 saturated carbocycles. The fourth-order valence-corrected chi connectivity index (χ4v) is 4.46. The highest BCUT2D eigenvalue weighted by Gasteiger charge is 2.34. The Labute approximate surface area is 136 Å². The average Bonchev–Trinajstić information content (AvgIpc) is 2.83. The number of hydrogen-bond acceptors (Lipinski definition) is 4. The molecule has 1 atom stereocenters. The van der Waals surface area contributed by atoms with E-state index in [-0.39, 0.29) is 35.6 Å². The van der Waals surface area contributed by atoms with Gasteiger partial charge in [0.1, 0.15) is 5.82 Å². The van der Waals surface area contributed by atoms with E-state index in [0.29, 0.717) is 12.1 Å². The van der Waals surface area contributed by atoms with E-state index in [0.717, 1.165) is 0 Å². The fraction of sp³-hybridized carbons (Fsp3) is 0.438. The second kappa shape index (κ2) is 6.70. The molecule has 0 N–H and O–H groups in total. The average molecular weight is 340 g/mol. The van der Waals surface area contributed by atoms with Gasteiger partial charge in [-0.05, 0) is 24.6 Å². The molecule has 23 heavy (non-hydrogen) atoms. The molecule has 1 fully saturated rings. The van der Waals surface area contributed by atoms with Crippen LogP contribution in [0.15, 0.2) is 30.9 Å². The van der Waals surface area contributed by atoms with Crippen LogP contribution in [0.4, 0.5) is 10.1 Å². The second-order valence-corrected chi connectivity index (χ2v) is 8.09. The van der Waals surface area contributed by atoms with Crippen LogP contribution in [0.3, 0.4) is 0 Å². The van der Waals surface area contributed by atoms with Gasteiger partial charge in [0.05, 0.1) is 17.2 Å². The highest BCUT2D eigenvalue weighted by atomic mass is 32.2. The van der Waals surface area contributed by atoms with Gasteiger partial charge in [0.2, 0.25) is 0 Å². The Morgan fingerprint density at radius 2 is 2.13 bits per heavy atom. The maximum atomic E-state index is 14.1. The van der Waals surface area contributed by atoms with Crippen LogP contribution in [0.1, 0.15) is 16.8 Å². The molecule has 0 unspecified atom stereocenters. The van der Waals surface area contributed by atoms with Gasteiger partial charge in [-0.3, -0.25) is 4.79 Å². The van der Waals surface area contributed by atoms with Crippen molar-refractivity contribution in [2.75, 3.05) is 37.0 Å². The number of amides is 1. The lowest BCUT2D eigenvalue weighted by Crippen LogP contribution is -2.41. The summed E-state index contributed by atoms with van der Waals surface area (Å²) in [5.41, 5.74) is 0.597. The van der Waals surface area contributed by atoms with Gasteiger partial charge in [-0.25, -0.2) is 12.8 Å². The minimum Gasteiger partial charge on any atom is -0.375 e. The summed E-state index contributed by atoms with van der Waals surface area (Å²) in [6.07, 6.45) is 1.95. The highest BCUT2D eigenvalue weighted by Crippen LogP contribution is 2.23. The molecule has 1 amide bonds. The number of nitrogens with zero attached hydrogens (tertiary/aromatic N) is 2. The lowest BCUT2D eigenvalue weighted by Gasteiger charge is -2.27. The smallest absolute Gasteiger partial charge is 0.254 e. The van der Waals surface area contributed by atoms with E-state index in [2.05, 4.69) is 6.58 Å². The molecule has 126 valence electrons. The molecule has 1 aliphatic rings. The summed E-state index contributed by atoms with van der Waals surface area (Å²) in [6, 6.07) is 3.90. The number of sulfone groups is 1. The quantitative estimate of drug-likeness (QED) is 0.766. The van der Waals surface area contributed by atoms with Crippen LogP contribution in [0.2, 0.25) is 0 Å². The van der Waals surface area contributed by atoms with Crippen molar-refractivity contribution >= 4 is 21.4 Å². The maximum absolute atomic E-state index is 14.1. The van der Waals surface area contributed by atoms with Crippen molar-refractivity contribution in [2.24, 2.45) is 0 Å². The van der Waals surface area contributed by atoms with Gasteiger partial charge < -0.3 is 9.80 Å². The molecule has 0 spiro atoms. The van der Waals surface area contributed by atoms with Gasteiger partial charge in [0, 0.05) is 32.2 Å². The number of hydrogen-bond donors (Lipinski definition) is 0. The summed E-state index contributed by atoms with van der Waals surface area (Å²) in [6.45, 7) is 3.85. The Balaban J connectivity index is 2.28. The molecule has 1 heterocycles. The van der Waals surface area contributed by atoms with Crippen LogP contribution in [0.25, 0.3) is 0 Å². The Morgan fingerprint density at radius 3 is 2.61 bits per heavy atom. The van der Waals surface area contributed by atoms with Crippen molar-refractivity contribution in [3.8, 4) is 0 Å². The van der Waals surface area contributed by atoms with Crippen LogP contribution < -0.4 is 4.90 Å². The zero-order valence-corrected chi connectivity index (χ0v) is 14.1. The number of rotatable bonds is 5. The van der Waals surface area contributed by atoms with Crippen molar-refractivity contribution in [2.45, 2.75) is 12.5 Å². The second-order valence-electron chi connectivity index (χ2n) is 5.86. The van der Waals surface area contributed by atoms with E-state index in [1.54, 1.807) is 37.2 Å². The third-order valence-electron chi connectivity index (χ3n) is 3.91. The molecule has 2 rings (SSSR count). The molecular formula is C16H21FN2O3S. The zero-order chi connectivity index (χ0) is 17.2. The van der Waals surface area contributed by atoms with E-state index in [9.17, 15) is 17.6 Å². The molecular weight excluding hydrogens is 319 g/mol. The Morgan fingerprint density at radius 1 is 1.43 bits per heavy atom. The highest BCUT2D eigenvalue weighted by molar-refractivity contribution is 7.91. The lowest BCUT2D eigenvalue weighted by molar-refractivity contribution is 0.0720. The Bertz CT molecular complexity index is 716. The van der Waals surface area contributed by atoms with Crippen molar-refractivity contribution in [3.63, 3.8) is 0 Å². The summed E-state index contributed by atoms with van der Waals surface area (Å²) >= 11 is 0. The molecule has 0 aliphatic carbocycles. The molecule has 0 bridgehead atoms. The summed E-state index contributed by atoms with van der Waals surface area (Å²) in [5.74, 6) is -0.841. The summed E-state index contributed by atoms with van der Waals surface area (Å²) in [7, 11) is 0.322. The van der Waals surface area contributed by atoms with Crippen molar-refractivity contribution in [1.29, 1.82) is 0 Å². The molecule has 7 heteroatoms. The molecule has 0 aromatic heterocycles. The fourth-order valence-electron chi connectivity index (χ4n) is 2.73. The van der Waals surface area contributed by atoms with Crippen LogP contribution >= 0.6 is 0 Å². The first-order valence-corrected chi connectivity index (χ1v) is 9.16. The molecule has 1 aromatic carbocycles. The standard InChI is InChI=1S/C16H21FN2O3S/c1-4-8-19(13-7-9-23(21,22)11-13)16(20)12-5-6-15(18(2)3)14(17)10-12/h4-6,10,13H,1,7-9,11H2,2-3H3/t13-/m1/s1. The molecule has 1 aliphatic heterocycles. The zero-order valence-electron chi connectivity index (χ0n) is 13.3. The third-order valence-corrected chi connectivity index (χ3v) is 5.66. The minimum atomic E-state index is -3.11. The van der Waals surface area contributed by atoms with Gasteiger partial charge in [-0.1, -0.05) is 6.08 Å². The van der Waals surface area contributed by atoms with Crippen LogP contribution in [0.5, 0.6) is 0 Å². The van der Waals surface area contributed by atoms with Crippen LogP contribution in [0, 0.1) is 5.82 Å². The predicted molar refractivity (Wildman–Crippen MR) is 89.0 cm³/mol. The van der Waals surface area contributed by atoms with Gasteiger partial charge >= 0.3 is 0 Å². The van der Waals surface area contributed by atoms with Crippen molar-refractivity contribution < 1.29 is 17.6 Å². The lowest BCUT2D eigenvalue weighted by atomic mass is 10.1. The van der Waals surface area contributed by atoms with E-state index in [1.807, 2.05) is 0 Å². The maximum Gasteiger partial charge on any atom is 0.254 e. The normalized spacial score (nSPS) is 19.3. The molecule has 0 radical (unpaired) electrons. The summed E-state index contributed by atoms with van der Waals surface area (Å²) in [5, 5.41) is 0. The summed E-state index contributed by atoms with van der Waals surface area (Å²) in [4.78, 5) is 15.7. The minimum absolute atomic E-state index is 0.0508. The number of anilines is 1. The Kier molecular flexibility index (Phi) is 5.09. The predicted octanol–water partition coefficient (Wildman–Crippen LogP) is 1.71. The van der Waals surface area contributed by atoms with Gasteiger partial charge in [-0.15, -0.1) is 6.58 Å². The van der Waals surface area contributed by atoms with Crippen molar-refractivity contribution in [3.05, 3.63) is 42.2 Å². The van der Waals surface area contributed by atoms with Gasteiger partial charge in [0.25, 0.3) is 5.91 Å². The molecule has 1 saturated heterocycles. The number of benzene rings is 1. The number of carbonyl (C=O) groups is 1. The number of carbonyl (C=O) groups excluding carboxylic acids is 1. The first-order valence-electron chi connectivity index (χ1n) is 7.34. The van der Waals surface area contributed by atoms with Crippen LogP contribution in [-0.4, -0.2) is 57.4 Å². The van der Waals surface area contributed by atoms with E-state index in [4.69, 9.17) is 0 Å². The Hall–Kier alpha value is -1.89.